The molecule has 9 nitrogen and oxygen atoms in total. The van der Waals surface area contributed by atoms with Crippen LogP contribution in [0.3, 0.4) is 0 Å². The van der Waals surface area contributed by atoms with Crippen LogP contribution in [0.1, 0.15) is 27.0 Å². The summed E-state index contributed by atoms with van der Waals surface area (Å²) in [5.41, 5.74) is 5.31. The Kier molecular flexibility index (Phi) is 8.88. The molecule has 0 spiro atoms. The van der Waals surface area contributed by atoms with Crippen molar-refractivity contribution in [2.75, 3.05) is 27.9 Å². The number of ether oxygens (including phenoxy) is 5. The van der Waals surface area contributed by atoms with Gasteiger partial charge in [-0.1, -0.05) is 24.3 Å². The highest BCUT2D eigenvalue weighted by atomic mass is 16.5. The van der Waals surface area contributed by atoms with Crippen LogP contribution >= 0.6 is 0 Å². The Balaban J connectivity index is 1.61. The third-order valence-electron chi connectivity index (χ3n) is 5.29. The lowest BCUT2D eigenvalue weighted by Crippen LogP contribution is -2.24. The third-order valence-corrected chi connectivity index (χ3v) is 5.29. The molecule has 0 radical (unpaired) electrons. The van der Waals surface area contributed by atoms with Crippen LogP contribution in [-0.4, -0.2) is 46.0 Å². The fourth-order valence-corrected chi connectivity index (χ4v) is 3.26. The maximum atomic E-state index is 12.7. The van der Waals surface area contributed by atoms with E-state index in [9.17, 15) is 9.59 Å². The number of hydrogen-bond acceptors (Lipinski definition) is 8. The molecular weight excluding hydrogens is 464 g/mol. The summed E-state index contributed by atoms with van der Waals surface area (Å²) in [7, 11) is 4.40. The summed E-state index contributed by atoms with van der Waals surface area (Å²) in [6.45, 7) is 3.74. The summed E-state index contributed by atoms with van der Waals surface area (Å²) in [6.07, 6.45) is 1.44. The second-order valence-corrected chi connectivity index (χ2v) is 7.66. The summed E-state index contributed by atoms with van der Waals surface area (Å²) in [5, 5.41) is 3.94. The van der Waals surface area contributed by atoms with E-state index < -0.39 is 11.9 Å². The van der Waals surface area contributed by atoms with Gasteiger partial charge in [-0.05, 0) is 60.9 Å². The van der Waals surface area contributed by atoms with Gasteiger partial charge >= 0.3 is 5.97 Å². The first-order chi connectivity index (χ1) is 17.4. The molecule has 0 saturated heterocycles. The van der Waals surface area contributed by atoms with Crippen molar-refractivity contribution in [1.82, 2.24) is 5.43 Å². The van der Waals surface area contributed by atoms with Crippen LogP contribution in [0, 0.1) is 13.8 Å². The normalized spacial score (nSPS) is 10.6. The molecule has 0 heterocycles. The molecule has 0 fully saturated rings. The summed E-state index contributed by atoms with van der Waals surface area (Å²) in [4.78, 5) is 24.8. The van der Waals surface area contributed by atoms with E-state index in [0.29, 0.717) is 34.3 Å². The Labute approximate surface area is 209 Å². The molecule has 0 bridgehead atoms. The Morgan fingerprint density at radius 2 is 1.58 bits per heavy atom. The molecule has 0 aliphatic carbocycles. The fourth-order valence-electron chi connectivity index (χ4n) is 3.26. The molecule has 9 heteroatoms. The highest BCUT2D eigenvalue weighted by Crippen LogP contribution is 2.38. The lowest BCUT2D eigenvalue weighted by Gasteiger charge is -2.13. The first-order valence-electron chi connectivity index (χ1n) is 11.0. The van der Waals surface area contributed by atoms with Crippen molar-refractivity contribution in [2.24, 2.45) is 5.10 Å². The van der Waals surface area contributed by atoms with E-state index >= 15 is 0 Å². The monoisotopic (exact) mass is 492 g/mol. The van der Waals surface area contributed by atoms with Gasteiger partial charge in [-0.15, -0.1) is 0 Å². The van der Waals surface area contributed by atoms with Gasteiger partial charge in [0.25, 0.3) is 5.91 Å². The zero-order chi connectivity index (χ0) is 26.1. The molecule has 0 atom stereocenters. The first-order valence-corrected chi connectivity index (χ1v) is 11.0. The predicted octanol–water partition coefficient (Wildman–Crippen LogP) is 4.08. The quantitative estimate of drug-likeness (QED) is 0.197. The van der Waals surface area contributed by atoms with Gasteiger partial charge in [0.1, 0.15) is 11.5 Å². The minimum absolute atomic E-state index is 0.173. The largest absolute Gasteiger partial charge is 0.493 e. The van der Waals surface area contributed by atoms with Crippen LogP contribution in [0.2, 0.25) is 0 Å². The van der Waals surface area contributed by atoms with Gasteiger partial charge in [0.05, 0.1) is 33.1 Å². The maximum absolute atomic E-state index is 12.7. The van der Waals surface area contributed by atoms with Crippen LogP contribution in [-0.2, 0) is 4.79 Å². The highest BCUT2D eigenvalue weighted by Gasteiger charge is 2.18. The van der Waals surface area contributed by atoms with Crippen molar-refractivity contribution >= 4 is 18.1 Å². The topological polar surface area (TPSA) is 105 Å². The molecule has 0 aromatic heterocycles. The Morgan fingerprint density at radius 3 is 2.25 bits per heavy atom. The van der Waals surface area contributed by atoms with Gasteiger partial charge in [0.15, 0.2) is 18.1 Å². The molecule has 36 heavy (non-hydrogen) atoms. The lowest BCUT2D eigenvalue weighted by atomic mass is 10.1. The van der Waals surface area contributed by atoms with Crippen molar-refractivity contribution in [3.8, 4) is 28.7 Å². The van der Waals surface area contributed by atoms with Gasteiger partial charge in [-0.25, -0.2) is 10.2 Å². The van der Waals surface area contributed by atoms with E-state index in [0.717, 1.165) is 11.1 Å². The number of nitrogens with zero attached hydrogens (tertiary/aromatic N) is 1. The zero-order valence-corrected chi connectivity index (χ0v) is 20.8. The number of nitrogens with one attached hydrogen (secondary N) is 1. The molecule has 0 unspecified atom stereocenters. The number of carbonyl (C=O) groups excluding carboxylic acids is 2. The Bertz CT molecular complexity index is 1250. The van der Waals surface area contributed by atoms with Gasteiger partial charge in [0, 0.05) is 0 Å². The Morgan fingerprint density at radius 1 is 0.889 bits per heavy atom. The van der Waals surface area contributed by atoms with Gasteiger partial charge in [-0.3, -0.25) is 4.79 Å². The number of amides is 1. The molecule has 0 aliphatic heterocycles. The molecule has 3 rings (SSSR count). The van der Waals surface area contributed by atoms with Crippen LogP contribution in [0.25, 0.3) is 0 Å². The molecule has 1 amide bonds. The molecular formula is C27H28N2O7. The standard InChI is InChI=1S/C27H28N2O7/c1-17-8-6-11-22(18(17)2)35-16-25(30)29-28-15-19-9-7-10-21(12-19)36-27(31)20-13-23(32-3)26(34-5)24(14-20)33-4/h6-15H,16H2,1-5H3,(H,29,30). The van der Waals surface area contributed by atoms with Crippen molar-refractivity contribution in [3.05, 3.63) is 76.9 Å². The molecule has 0 aliphatic rings. The number of methoxy groups -OCH3 is 3. The number of esters is 1. The van der Waals surface area contributed by atoms with E-state index in [4.69, 9.17) is 23.7 Å². The van der Waals surface area contributed by atoms with E-state index in [1.54, 1.807) is 24.3 Å². The first kappa shape index (κ1) is 26.1. The number of aryl methyl sites for hydroxylation is 1. The number of carbonyl (C=O) groups is 2. The number of hydrazone groups is 1. The predicted molar refractivity (Wildman–Crippen MR) is 135 cm³/mol. The van der Waals surface area contributed by atoms with Crippen molar-refractivity contribution in [3.63, 3.8) is 0 Å². The van der Waals surface area contributed by atoms with Crippen LogP contribution in [0.4, 0.5) is 0 Å². The second-order valence-electron chi connectivity index (χ2n) is 7.66. The highest BCUT2D eigenvalue weighted by molar-refractivity contribution is 5.93. The molecule has 1 N–H and O–H groups in total. The smallest absolute Gasteiger partial charge is 0.343 e. The fraction of sp³-hybridized carbons (Fsp3) is 0.222. The minimum atomic E-state index is -0.611. The van der Waals surface area contributed by atoms with E-state index in [-0.39, 0.29) is 12.2 Å². The summed E-state index contributed by atoms with van der Waals surface area (Å²) in [5.74, 6) is 0.968. The van der Waals surface area contributed by atoms with Crippen molar-refractivity contribution < 1.29 is 33.3 Å². The van der Waals surface area contributed by atoms with Gasteiger partial charge < -0.3 is 23.7 Å². The SMILES string of the molecule is COc1cc(C(=O)Oc2cccc(C=NNC(=O)COc3cccc(C)c3C)c2)cc(OC)c1OC. The zero-order valence-electron chi connectivity index (χ0n) is 20.8. The number of benzene rings is 3. The van der Waals surface area contributed by atoms with Crippen LogP contribution in [0.5, 0.6) is 28.7 Å². The molecule has 3 aromatic rings. The van der Waals surface area contributed by atoms with Crippen LogP contribution < -0.4 is 29.1 Å². The number of rotatable bonds is 10. The molecule has 188 valence electrons. The average molecular weight is 493 g/mol. The summed E-state index contributed by atoms with van der Waals surface area (Å²) >= 11 is 0. The third kappa shape index (κ3) is 6.53. The Hall–Kier alpha value is -4.53. The van der Waals surface area contributed by atoms with Gasteiger partial charge in [-0.2, -0.15) is 5.10 Å². The summed E-state index contributed by atoms with van der Waals surface area (Å²) in [6, 6.07) is 15.4. The minimum Gasteiger partial charge on any atom is -0.493 e. The second kappa shape index (κ2) is 12.3. The van der Waals surface area contributed by atoms with Crippen molar-refractivity contribution in [2.45, 2.75) is 13.8 Å². The van der Waals surface area contributed by atoms with Crippen LogP contribution in [0.15, 0.2) is 59.7 Å². The number of hydrogen-bond donors (Lipinski definition) is 1. The molecule has 3 aromatic carbocycles. The van der Waals surface area contributed by atoms with E-state index in [1.807, 2.05) is 32.0 Å². The van der Waals surface area contributed by atoms with Gasteiger partial charge in [0.2, 0.25) is 5.75 Å². The molecule has 0 saturated carbocycles. The lowest BCUT2D eigenvalue weighted by molar-refractivity contribution is -0.123. The van der Waals surface area contributed by atoms with E-state index in [2.05, 4.69) is 10.5 Å². The van der Waals surface area contributed by atoms with Crippen molar-refractivity contribution in [1.29, 1.82) is 0 Å². The van der Waals surface area contributed by atoms with E-state index in [1.165, 1.54) is 39.7 Å². The summed E-state index contributed by atoms with van der Waals surface area (Å²) < 4.78 is 26.9. The maximum Gasteiger partial charge on any atom is 0.343 e. The average Bonchev–Trinajstić information content (AvgIpc) is 2.88.